The molecule has 7 nitrogen and oxygen atoms in total. The van der Waals surface area contributed by atoms with Gasteiger partial charge in [-0.25, -0.2) is 0 Å². The second-order valence-electron chi connectivity index (χ2n) is 6.61. The molecule has 1 saturated carbocycles. The summed E-state index contributed by atoms with van der Waals surface area (Å²) in [7, 11) is 0. The molecule has 1 aromatic heterocycles. The normalized spacial score (nSPS) is 23.9. The van der Waals surface area contributed by atoms with Crippen LogP contribution in [-0.4, -0.2) is 50.1 Å². The number of hydrogen-bond donors (Lipinski definition) is 2. The van der Waals surface area contributed by atoms with Crippen LogP contribution < -0.4 is 5.32 Å². The van der Waals surface area contributed by atoms with Gasteiger partial charge < -0.3 is 5.32 Å². The molecule has 2 heterocycles. The lowest BCUT2D eigenvalue weighted by atomic mass is 9.78. The number of likely N-dealkylation sites (tertiary alicyclic amines) is 1. The van der Waals surface area contributed by atoms with Crippen LogP contribution in [0, 0.1) is 0 Å². The summed E-state index contributed by atoms with van der Waals surface area (Å²) in [5.41, 5.74) is -0.323. The molecular formula is C15H26N6O. The Balaban J connectivity index is 1.74. The molecule has 1 aliphatic carbocycles. The van der Waals surface area contributed by atoms with Gasteiger partial charge in [0.15, 0.2) is 5.82 Å². The number of carbonyl (C=O) groups is 1. The highest BCUT2D eigenvalue weighted by molar-refractivity contribution is 5.86. The predicted octanol–water partition coefficient (Wildman–Crippen LogP) is 1.57. The Morgan fingerprint density at radius 3 is 2.50 bits per heavy atom. The molecule has 7 heteroatoms. The largest absolute Gasteiger partial charge is 0.345 e. The van der Waals surface area contributed by atoms with Crippen molar-refractivity contribution in [1.82, 2.24) is 30.8 Å². The van der Waals surface area contributed by atoms with Crippen LogP contribution >= 0.6 is 0 Å². The smallest absolute Gasteiger partial charge is 0.241 e. The minimum atomic E-state index is -0.323. The Bertz CT molecular complexity index is 476. The van der Waals surface area contributed by atoms with E-state index in [9.17, 15) is 4.79 Å². The molecule has 0 radical (unpaired) electrons. The Morgan fingerprint density at radius 1 is 1.18 bits per heavy atom. The van der Waals surface area contributed by atoms with Crippen molar-refractivity contribution >= 4 is 5.91 Å². The number of hydrogen-bond acceptors (Lipinski definition) is 5. The van der Waals surface area contributed by atoms with Gasteiger partial charge in [-0.15, -0.1) is 10.2 Å². The van der Waals surface area contributed by atoms with Crippen molar-refractivity contribution in [3.8, 4) is 0 Å². The number of aromatic amines is 1. The predicted molar refractivity (Wildman–Crippen MR) is 82.0 cm³/mol. The second-order valence-corrected chi connectivity index (χ2v) is 6.61. The highest BCUT2D eigenvalue weighted by atomic mass is 16.2. The Morgan fingerprint density at radius 2 is 1.86 bits per heavy atom. The number of tetrazole rings is 1. The lowest BCUT2D eigenvalue weighted by Crippen LogP contribution is -2.61. The first-order valence-corrected chi connectivity index (χ1v) is 8.52. The SMILES string of the molecule is CC(NC(=O)C1(N2CCCCC2)CCCCC1)c1nn[nH]n1. The molecule has 2 fully saturated rings. The molecule has 0 bridgehead atoms. The summed E-state index contributed by atoms with van der Waals surface area (Å²) in [4.78, 5) is 15.5. The molecule has 2 aliphatic rings. The van der Waals surface area contributed by atoms with Gasteiger partial charge in [-0.05, 0) is 45.7 Å². The van der Waals surface area contributed by atoms with Gasteiger partial charge in [0.25, 0.3) is 0 Å². The zero-order valence-corrected chi connectivity index (χ0v) is 13.3. The molecular weight excluding hydrogens is 280 g/mol. The lowest BCUT2D eigenvalue weighted by molar-refractivity contribution is -0.138. The van der Waals surface area contributed by atoms with Gasteiger partial charge in [0.05, 0.1) is 6.04 Å². The topological polar surface area (TPSA) is 86.8 Å². The molecule has 1 aromatic rings. The first kappa shape index (κ1) is 15.4. The molecule has 2 N–H and O–H groups in total. The number of nitrogens with one attached hydrogen (secondary N) is 2. The van der Waals surface area contributed by atoms with Crippen LogP contribution in [0.2, 0.25) is 0 Å². The van der Waals surface area contributed by atoms with E-state index in [1.807, 2.05) is 6.92 Å². The van der Waals surface area contributed by atoms with Crippen LogP contribution in [0.4, 0.5) is 0 Å². The van der Waals surface area contributed by atoms with Crippen molar-refractivity contribution < 1.29 is 4.79 Å². The summed E-state index contributed by atoms with van der Waals surface area (Å²) in [5.74, 6) is 0.685. The zero-order chi connectivity index (χ0) is 15.4. The van der Waals surface area contributed by atoms with Crippen molar-refractivity contribution in [1.29, 1.82) is 0 Å². The lowest BCUT2D eigenvalue weighted by Gasteiger charge is -2.47. The summed E-state index contributed by atoms with van der Waals surface area (Å²) >= 11 is 0. The van der Waals surface area contributed by atoms with E-state index in [-0.39, 0.29) is 17.5 Å². The van der Waals surface area contributed by atoms with Crippen LogP contribution in [0.25, 0.3) is 0 Å². The summed E-state index contributed by atoms with van der Waals surface area (Å²) < 4.78 is 0. The van der Waals surface area contributed by atoms with Gasteiger partial charge in [0, 0.05) is 0 Å². The third-order valence-electron chi connectivity index (χ3n) is 5.16. The second kappa shape index (κ2) is 6.73. The highest BCUT2D eigenvalue weighted by Crippen LogP contribution is 2.36. The van der Waals surface area contributed by atoms with E-state index in [1.54, 1.807) is 0 Å². The van der Waals surface area contributed by atoms with Gasteiger partial charge in [-0.1, -0.05) is 30.9 Å². The number of carbonyl (C=O) groups excluding carboxylic acids is 1. The zero-order valence-electron chi connectivity index (χ0n) is 13.3. The number of piperidine rings is 1. The van der Waals surface area contributed by atoms with E-state index in [0.717, 1.165) is 38.8 Å². The highest BCUT2D eigenvalue weighted by Gasteiger charge is 2.45. The van der Waals surface area contributed by atoms with Crippen LogP contribution in [0.15, 0.2) is 0 Å². The van der Waals surface area contributed by atoms with Crippen molar-refractivity contribution in [3.05, 3.63) is 5.82 Å². The van der Waals surface area contributed by atoms with E-state index in [1.165, 1.54) is 25.7 Å². The minimum Gasteiger partial charge on any atom is -0.345 e. The Labute approximate surface area is 131 Å². The van der Waals surface area contributed by atoms with Crippen molar-refractivity contribution in [2.45, 2.75) is 69.9 Å². The Hall–Kier alpha value is -1.50. The molecule has 0 spiro atoms. The van der Waals surface area contributed by atoms with E-state index < -0.39 is 0 Å². The monoisotopic (exact) mass is 306 g/mol. The van der Waals surface area contributed by atoms with Gasteiger partial charge in [-0.2, -0.15) is 5.21 Å². The van der Waals surface area contributed by atoms with Crippen molar-refractivity contribution in [2.75, 3.05) is 13.1 Å². The fraction of sp³-hybridized carbons (Fsp3) is 0.867. The molecule has 1 saturated heterocycles. The summed E-state index contributed by atoms with van der Waals surface area (Å²) in [6, 6.07) is -0.213. The van der Waals surface area contributed by atoms with E-state index >= 15 is 0 Å². The maximum atomic E-state index is 13.1. The minimum absolute atomic E-state index is 0.145. The molecule has 1 aliphatic heterocycles. The third-order valence-corrected chi connectivity index (χ3v) is 5.16. The maximum Gasteiger partial charge on any atom is 0.241 e. The summed E-state index contributed by atoms with van der Waals surface area (Å²) in [6.45, 7) is 4.00. The number of aromatic nitrogens is 4. The van der Waals surface area contributed by atoms with Crippen LogP contribution in [0.5, 0.6) is 0 Å². The number of nitrogens with zero attached hydrogens (tertiary/aromatic N) is 4. The number of H-pyrrole nitrogens is 1. The molecule has 22 heavy (non-hydrogen) atoms. The van der Waals surface area contributed by atoms with Gasteiger partial charge in [0.2, 0.25) is 5.91 Å². The van der Waals surface area contributed by atoms with E-state index in [0.29, 0.717) is 5.82 Å². The fourth-order valence-corrected chi connectivity index (χ4v) is 3.89. The van der Waals surface area contributed by atoms with Gasteiger partial charge in [0.1, 0.15) is 5.54 Å². The van der Waals surface area contributed by atoms with Crippen LogP contribution in [0.3, 0.4) is 0 Å². The van der Waals surface area contributed by atoms with Crippen molar-refractivity contribution in [3.63, 3.8) is 0 Å². The molecule has 1 atom stereocenters. The first-order chi connectivity index (χ1) is 10.7. The fourth-order valence-electron chi connectivity index (χ4n) is 3.89. The molecule has 3 rings (SSSR count). The summed E-state index contributed by atoms with van der Waals surface area (Å²) in [6.07, 6.45) is 9.15. The molecule has 0 aromatic carbocycles. The molecule has 122 valence electrons. The first-order valence-electron chi connectivity index (χ1n) is 8.52. The Kier molecular flexibility index (Phi) is 4.71. The van der Waals surface area contributed by atoms with Gasteiger partial charge in [-0.3, -0.25) is 9.69 Å². The average Bonchev–Trinajstić information content (AvgIpc) is 3.11. The summed E-state index contributed by atoms with van der Waals surface area (Å²) in [5, 5.41) is 17.1. The number of rotatable bonds is 4. The molecule has 1 amide bonds. The average molecular weight is 306 g/mol. The van der Waals surface area contributed by atoms with Crippen LogP contribution in [0.1, 0.15) is 70.2 Å². The van der Waals surface area contributed by atoms with E-state index in [2.05, 4.69) is 30.8 Å². The van der Waals surface area contributed by atoms with Gasteiger partial charge >= 0.3 is 0 Å². The maximum absolute atomic E-state index is 13.1. The standard InChI is InChI=1S/C15H26N6O/c1-12(13-17-19-20-18-13)16-14(22)15(8-4-2-5-9-15)21-10-6-3-7-11-21/h12H,2-11H2,1H3,(H,16,22)(H,17,18,19,20). The molecule has 1 unspecified atom stereocenters. The van der Waals surface area contributed by atoms with E-state index in [4.69, 9.17) is 0 Å². The van der Waals surface area contributed by atoms with Crippen LogP contribution in [-0.2, 0) is 4.79 Å². The third kappa shape index (κ3) is 2.99. The number of amides is 1. The van der Waals surface area contributed by atoms with Crippen molar-refractivity contribution in [2.24, 2.45) is 0 Å². The quantitative estimate of drug-likeness (QED) is 0.881.